The van der Waals surface area contributed by atoms with E-state index in [1.54, 1.807) is 12.4 Å². The topological polar surface area (TPSA) is 158 Å². The first-order valence-corrected chi connectivity index (χ1v) is 13.6. The van der Waals surface area contributed by atoms with E-state index in [2.05, 4.69) is 31.1 Å². The monoisotopic (exact) mass is 514 g/mol. The number of hydrogen-bond acceptors (Lipinski definition) is 7. The van der Waals surface area contributed by atoms with Crippen molar-refractivity contribution in [1.29, 1.82) is 0 Å². The summed E-state index contributed by atoms with van der Waals surface area (Å²) in [5.74, 6) is 0.795. The molecule has 0 saturated heterocycles. The second kappa shape index (κ2) is 10.7. The lowest BCUT2D eigenvalue weighted by atomic mass is 9.49. The maximum Gasteiger partial charge on any atom is 0.329 e. The molecule has 4 fully saturated rings. The van der Waals surface area contributed by atoms with E-state index in [-0.39, 0.29) is 36.5 Å². The van der Waals surface area contributed by atoms with Gasteiger partial charge in [0.1, 0.15) is 17.9 Å². The summed E-state index contributed by atoms with van der Waals surface area (Å²) in [7, 11) is 0. The largest absolute Gasteiger partial charge is 0.479 e. The zero-order valence-electron chi connectivity index (χ0n) is 21.3. The smallest absolute Gasteiger partial charge is 0.329 e. The zero-order chi connectivity index (χ0) is 25.9. The Bertz CT molecular complexity index is 989. The number of unbranched alkanes of at least 4 members (excludes halogenated alkanes) is 1. The molecule has 1 atom stereocenters. The van der Waals surface area contributed by atoms with Crippen molar-refractivity contribution in [3.05, 3.63) is 12.4 Å². The summed E-state index contributed by atoms with van der Waals surface area (Å²) < 4.78 is 0. The Morgan fingerprint density at radius 2 is 1.86 bits per heavy atom. The number of nitrogens with one attached hydrogen (secondary N) is 4. The first kappa shape index (κ1) is 25.5. The molecule has 37 heavy (non-hydrogen) atoms. The summed E-state index contributed by atoms with van der Waals surface area (Å²) in [6, 6.07) is 0. The quantitative estimate of drug-likeness (QED) is 0.253. The van der Waals surface area contributed by atoms with Gasteiger partial charge in [-0.3, -0.25) is 9.59 Å². The number of carboxylic acids is 1. The average Bonchev–Trinajstić information content (AvgIpc) is 3.56. The van der Waals surface area contributed by atoms with Crippen molar-refractivity contribution < 1.29 is 24.3 Å². The van der Waals surface area contributed by atoms with Crippen LogP contribution in [0.2, 0.25) is 0 Å². The first-order chi connectivity index (χ1) is 17.8. The predicted octanol–water partition coefficient (Wildman–Crippen LogP) is 2.43. The maximum atomic E-state index is 13.2. The van der Waals surface area contributed by atoms with E-state index in [0.717, 1.165) is 37.0 Å². The molecule has 1 unspecified atom stereocenters. The number of carbonyl (C=O) groups is 3. The Morgan fingerprint density at radius 3 is 2.46 bits per heavy atom. The Balaban J connectivity index is 1.21. The van der Waals surface area contributed by atoms with E-state index in [1.807, 2.05) is 0 Å². The van der Waals surface area contributed by atoms with Gasteiger partial charge in [-0.15, -0.1) is 0 Å². The van der Waals surface area contributed by atoms with Crippen LogP contribution in [0, 0.1) is 23.2 Å². The van der Waals surface area contributed by atoms with E-state index >= 15 is 0 Å². The lowest BCUT2D eigenvalue weighted by Gasteiger charge is -2.57. The van der Waals surface area contributed by atoms with Gasteiger partial charge in [0, 0.05) is 31.9 Å². The fourth-order valence-corrected chi connectivity index (χ4v) is 7.44. The number of carbonyl (C=O) groups excluding carboxylic acids is 2. The molecule has 0 radical (unpaired) electrons. The number of hydrogen-bond donors (Lipinski definition) is 5. The van der Waals surface area contributed by atoms with E-state index in [1.165, 1.54) is 19.3 Å². The molecule has 11 nitrogen and oxygen atoms in total. The molecule has 1 aliphatic heterocycles. The van der Waals surface area contributed by atoms with Crippen LogP contribution in [0.15, 0.2) is 17.5 Å². The number of aliphatic carboxylic acids is 1. The highest BCUT2D eigenvalue weighted by Gasteiger charge is 2.51. The van der Waals surface area contributed by atoms with Crippen LogP contribution < -0.4 is 16.0 Å². The van der Waals surface area contributed by atoms with Gasteiger partial charge in [0.05, 0.1) is 6.42 Å². The molecule has 11 heteroatoms. The van der Waals surface area contributed by atoms with Crippen molar-refractivity contribution in [3.63, 3.8) is 0 Å². The molecule has 6 rings (SSSR count). The van der Waals surface area contributed by atoms with Gasteiger partial charge < -0.3 is 30.9 Å². The van der Waals surface area contributed by atoms with E-state index in [0.29, 0.717) is 38.3 Å². The lowest BCUT2D eigenvalue weighted by Crippen LogP contribution is -2.59. The number of aromatic amines is 1. The molecule has 0 spiro atoms. The number of oxime groups is 1. The minimum Gasteiger partial charge on any atom is -0.479 e. The van der Waals surface area contributed by atoms with E-state index in [4.69, 9.17) is 4.84 Å². The normalized spacial score (nSPS) is 29.2. The molecular weight excluding hydrogens is 476 g/mol. The second-order valence-electron chi connectivity index (χ2n) is 11.7. The third-order valence-electron chi connectivity index (χ3n) is 8.74. The minimum absolute atomic E-state index is 0.118. The maximum absolute atomic E-state index is 13.2. The van der Waals surface area contributed by atoms with Gasteiger partial charge in [-0.05, 0) is 81.0 Å². The SMILES string of the molecule is O=C(CC(CCCCNc1ncc[nH]1)(NC(=O)C1=NOCC1)C(=O)O)NCC12CC3CC(CC(C3)C1)C2. The van der Waals surface area contributed by atoms with E-state index in [9.17, 15) is 19.5 Å². The number of anilines is 1. The van der Waals surface area contributed by atoms with Gasteiger partial charge in [0.25, 0.3) is 5.91 Å². The van der Waals surface area contributed by atoms with Crippen molar-refractivity contribution in [2.75, 3.05) is 25.0 Å². The number of carboxylic acid groups (broad SMARTS) is 1. The predicted molar refractivity (Wildman–Crippen MR) is 136 cm³/mol. The van der Waals surface area contributed by atoms with Gasteiger partial charge in [0.2, 0.25) is 5.91 Å². The molecule has 4 saturated carbocycles. The summed E-state index contributed by atoms with van der Waals surface area (Å²) >= 11 is 0. The standard InChI is InChI=1S/C26H38N6O5/c33-21(30-16-25-12-17-9-18(13-25)11-19(10-17)14-25)15-26(23(35)36,31-22(34)20-3-8-37-32-20)4-1-2-5-27-24-28-6-7-29-24/h6-7,17-19H,1-5,8-16H2,(H,30,33)(H,31,34)(H,35,36)(H2,27,28,29). The van der Waals surface area contributed by atoms with Gasteiger partial charge in [0.15, 0.2) is 5.95 Å². The number of nitrogens with zero attached hydrogens (tertiary/aromatic N) is 2. The van der Waals surface area contributed by atoms with Crippen molar-refractivity contribution in [2.45, 2.75) is 76.2 Å². The van der Waals surface area contributed by atoms with Crippen molar-refractivity contribution in [1.82, 2.24) is 20.6 Å². The summed E-state index contributed by atoms with van der Waals surface area (Å²) in [5, 5.41) is 22.9. The van der Waals surface area contributed by atoms with Crippen LogP contribution in [0.5, 0.6) is 0 Å². The lowest BCUT2D eigenvalue weighted by molar-refractivity contribution is -0.149. The van der Waals surface area contributed by atoms with Crippen LogP contribution in [0.3, 0.4) is 0 Å². The molecular formula is C26H38N6O5. The molecule has 5 N–H and O–H groups in total. The summed E-state index contributed by atoms with van der Waals surface area (Å²) in [6.45, 7) is 1.45. The molecule has 1 aromatic rings. The highest BCUT2D eigenvalue weighted by atomic mass is 16.6. The van der Waals surface area contributed by atoms with Crippen LogP contribution in [0.4, 0.5) is 5.95 Å². The van der Waals surface area contributed by atoms with Gasteiger partial charge in [-0.2, -0.15) is 0 Å². The van der Waals surface area contributed by atoms with Gasteiger partial charge in [-0.1, -0.05) is 5.16 Å². The molecule has 202 valence electrons. The number of aromatic nitrogens is 2. The molecule has 4 aliphatic carbocycles. The van der Waals surface area contributed by atoms with Crippen LogP contribution in [0.1, 0.15) is 70.6 Å². The third-order valence-corrected chi connectivity index (χ3v) is 8.74. The Morgan fingerprint density at radius 1 is 1.14 bits per heavy atom. The zero-order valence-corrected chi connectivity index (χ0v) is 21.3. The van der Waals surface area contributed by atoms with Crippen molar-refractivity contribution >= 4 is 29.4 Å². The first-order valence-electron chi connectivity index (χ1n) is 13.6. The molecule has 2 heterocycles. The van der Waals surface area contributed by atoms with Crippen LogP contribution in [0.25, 0.3) is 0 Å². The Kier molecular flexibility index (Phi) is 7.39. The fraction of sp³-hybridized carbons (Fsp3) is 0.731. The molecule has 4 bridgehead atoms. The number of rotatable bonds is 13. The minimum atomic E-state index is -1.72. The number of H-pyrrole nitrogens is 1. The van der Waals surface area contributed by atoms with Crippen molar-refractivity contribution in [3.8, 4) is 0 Å². The fourth-order valence-electron chi connectivity index (χ4n) is 7.44. The highest BCUT2D eigenvalue weighted by Crippen LogP contribution is 2.59. The van der Waals surface area contributed by atoms with Crippen LogP contribution in [-0.4, -0.2) is 63.8 Å². The molecule has 1 aromatic heterocycles. The molecule has 5 aliphatic rings. The Hall–Kier alpha value is -3.11. The van der Waals surface area contributed by atoms with Gasteiger partial charge >= 0.3 is 5.97 Å². The van der Waals surface area contributed by atoms with Crippen molar-refractivity contribution in [2.24, 2.45) is 28.3 Å². The Labute approximate surface area is 216 Å². The third kappa shape index (κ3) is 5.91. The van der Waals surface area contributed by atoms with Gasteiger partial charge in [-0.25, -0.2) is 9.78 Å². The summed E-state index contributed by atoms with van der Waals surface area (Å²) in [4.78, 5) is 50.6. The molecule has 0 aromatic carbocycles. The van der Waals surface area contributed by atoms with Crippen LogP contribution >= 0.6 is 0 Å². The highest BCUT2D eigenvalue weighted by molar-refractivity contribution is 6.39. The number of amides is 2. The summed E-state index contributed by atoms with van der Waals surface area (Å²) in [5.41, 5.74) is -1.43. The molecule has 2 amide bonds. The van der Waals surface area contributed by atoms with E-state index < -0.39 is 17.4 Å². The average molecular weight is 515 g/mol. The summed E-state index contributed by atoms with van der Waals surface area (Å²) in [6.07, 6.45) is 12.0. The number of imidazole rings is 1. The van der Waals surface area contributed by atoms with Crippen LogP contribution in [-0.2, 0) is 19.2 Å². The second-order valence-corrected chi connectivity index (χ2v) is 11.7.